The highest BCUT2D eigenvalue weighted by atomic mass is 19.1. The molecule has 5 heteroatoms. The summed E-state index contributed by atoms with van der Waals surface area (Å²) in [4.78, 5) is 18.0. The Morgan fingerprint density at radius 2 is 2.19 bits per heavy atom. The zero-order chi connectivity index (χ0) is 11.7. The minimum Gasteiger partial charge on any atom is -0.383 e. The summed E-state index contributed by atoms with van der Waals surface area (Å²) in [7, 11) is 0. The Morgan fingerprint density at radius 3 is 2.81 bits per heavy atom. The third-order valence-electron chi connectivity index (χ3n) is 2.29. The molecule has 0 aliphatic heterocycles. The molecule has 0 amide bonds. The number of benzene rings is 1. The predicted molar refractivity (Wildman–Crippen MR) is 59.4 cm³/mol. The maximum atomic E-state index is 13.0. The van der Waals surface area contributed by atoms with E-state index in [0.717, 1.165) is 0 Å². The van der Waals surface area contributed by atoms with Crippen molar-refractivity contribution in [3.8, 4) is 11.4 Å². The van der Waals surface area contributed by atoms with Crippen molar-refractivity contribution in [1.29, 1.82) is 0 Å². The summed E-state index contributed by atoms with van der Waals surface area (Å²) in [5.74, 6) is 0.0370. The van der Waals surface area contributed by atoms with E-state index in [1.807, 2.05) is 0 Å². The SMILES string of the molecule is Cc1c(N)nc(-c2cccc(F)c2)[nH]c1=O. The first kappa shape index (κ1) is 10.4. The van der Waals surface area contributed by atoms with E-state index in [4.69, 9.17) is 5.73 Å². The minimum absolute atomic E-state index is 0.156. The number of rotatable bonds is 1. The molecule has 1 aromatic heterocycles. The maximum Gasteiger partial charge on any atom is 0.256 e. The Labute approximate surface area is 91.0 Å². The molecule has 16 heavy (non-hydrogen) atoms. The van der Waals surface area contributed by atoms with Gasteiger partial charge in [0.2, 0.25) is 0 Å². The van der Waals surface area contributed by atoms with Crippen LogP contribution in [0.2, 0.25) is 0 Å². The van der Waals surface area contributed by atoms with E-state index < -0.39 is 0 Å². The van der Waals surface area contributed by atoms with Gasteiger partial charge >= 0.3 is 0 Å². The van der Waals surface area contributed by atoms with Crippen molar-refractivity contribution in [2.24, 2.45) is 0 Å². The van der Waals surface area contributed by atoms with Crippen LogP contribution in [-0.4, -0.2) is 9.97 Å². The fourth-order valence-electron chi connectivity index (χ4n) is 1.32. The number of nitrogens with one attached hydrogen (secondary N) is 1. The number of anilines is 1. The van der Waals surface area contributed by atoms with Crippen LogP contribution in [0, 0.1) is 12.7 Å². The van der Waals surface area contributed by atoms with Crippen LogP contribution in [0.25, 0.3) is 11.4 Å². The second-order valence-corrected chi connectivity index (χ2v) is 3.44. The Bertz CT molecular complexity index is 592. The van der Waals surface area contributed by atoms with Crippen LogP contribution in [0.3, 0.4) is 0 Å². The maximum absolute atomic E-state index is 13.0. The van der Waals surface area contributed by atoms with Gasteiger partial charge in [0, 0.05) is 5.56 Å². The Morgan fingerprint density at radius 1 is 1.44 bits per heavy atom. The molecule has 0 aliphatic carbocycles. The average Bonchev–Trinajstić information content (AvgIpc) is 2.25. The van der Waals surface area contributed by atoms with Gasteiger partial charge in [0.1, 0.15) is 17.5 Å². The van der Waals surface area contributed by atoms with Crippen molar-refractivity contribution in [3.63, 3.8) is 0 Å². The topological polar surface area (TPSA) is 71.8 Å². The molecule has 0 saturated heterocycles. The molecule has 4 nitrogen and oxygen atoms in total. The van der Waals surface area contributed by atoms with Crippen molar-refractivity contribution in [1.82, 2.24) is 9.97 Å². The van der Waals surface area contributed by atoms with Gasteiger partial charge in [-0.3, -0.25) is 4.79 Å². The average molecular weight is 219 g/mol. The molecule has 1 aromatic carbocycles. The molecule has 2 rings (SSSR count). The van der Waals surface area contributed by atoms with E-state index in [0.29, 0.717) is 11.1 Å². The zero-order valence-corrected chi connectivity index (χ0v) is 8.62. The number of H-pyrrole nitrogens is 1. The van der Waals surface area contributed by atoms with Crippen LogP contribution < -0.4 is 11.3 Å². The quantitative estimate of drug-likeness (QED) is 0.762. The fourth-order valence-corrected chi connectivity index (χ4v) is 1.32. The predicted octanol–water partition coefficient (Wildman–Crippen LogP) is 1.47. The number of hydrogen-bond donors (Lipinski definition) is 2. The smallest absolute Gasteiger partial charge is 0.256 e. The molecule has 0 saturated carbocycles. The molecular formula is C11H10FN3O. The van der Waals surface area contributed by atoms with Gasteiger partial charge in [-0.1, -0.05) is 12.1 Å². The summed E-state index contributed by atoms with van der Waals surface area (Å²) >= 11 is 0. The van der Waals surface area contributed by atoms with Gasteiger partial charge in [0.15, 0.2) is 0 Å². The molecular weight excluding hydrogens is 209 g/mol. The van der Waals surface area contributed by atoms with E-state index in [1.54, 1.807) is 19.1 Å². The third-order valence-corrected chi connectivity index (χ3v) is 2.29. The van der Waals surface area contributed by atoms with Crippen molar-refractivity contribution in [2.45, 2.75) is 6.92 Å². The number of nitrogens with zero attached hydrogens (tertiary/aromatic N) is 1. The van der Waals surface area contributed by atoms with Crippen LogP contribution in [0.4, 0.5) is 10.2 Å². The van der Waals surface area contributed by atoms with E-state index in [9.17, 15) is 9.18 Å². The molecule has 1 heterocycles. The first-order valence-electron chi connectivity index (χ1n) is 4.70. The molecule has 2 aromatic rings. The van der Waals surface area contributed by atoms with Gasteiger partial charge in [0.25, 0.3) is 5.56 Å². The number of aromatic amines is 1. The Kier molecular flexibility index (Phi) is 2.44. The Balaban J connectivity index is 2.61. The summed E-state index contributed by atoms with van der Waals surface area (Å²) in [5.41, 5.74) is 6.11. The summed E-state index contributed by atoms with van der Waals surface area (Å²) in [6.07, 6.45) is 0. The molecule has 0 aliphatic rings. The highest BCUT2D eigenvalue weighted by Gasteiger charge is 2.06. The van der Waals surface area contributed by atoms with Crippen LogP contribution in [0.1, 0.15) is 5.56 Å². The van der Waals surface area contributed by atoms with Crippen molar-refractivity contribution < 1.29 is 4.39 Å². The third kappa shape index (κ3) is 1.79. The van der Waals surface area contributed by atoms with E-state index in [2.05, 4.69) is 9.97 Å². The Hall–Kier alpha value is -2.17. The second kappa shape index (κ2) is 3.77. The van der Waals surface area contributed by atoms with E-state index >= 15 is 0 Å². The standard InChI is InChI=1S/C11H10FN3O/c1-6-9(13)14-10(15-11(6)16)7-3-2-4-8(12)5-7/h2-5H,1H3,(H3,13,14,15,16). The monoisotopic (exact) mass is 219 g/mol. The number of nitrogen functional groups attached to an aromatic ring is 1. The van der Waals surface area contributed by atoms with Gasteiger partial charge in [0.05, 0.1) is 5.56 Å². The van der Waals surface area contributed by atoms with Gasteiger partial charge in [-0.2, -0.15) is 0 Å². The summed E-state index contributed by atoms with van der Waals surface area (Å²) in [5, 5.41) is 0. The van der Waals surface area contributed by atoms with Crippen molar-refractivity contribution >= 4 is 5.82 Å². The zero-order valence-electron chi connectivity index (χ0n) is 8.62. The number of aromatic nitrogens is 2. The number of nitrogens with two attached hydrogens (primary N) is 1. The van der Waals surface area contributed by atoms with Gasteiger partial charge < -0.3 is 10.7 Å². The van der Waals surface area contributed by atoms with Gasteiger partial charge in [-0.05, 0) is 19.1 Å². The van der Waals surface area contributed by atoms with Crippen LogP contribution in [-0.2, 0) is 0 Å². The first-order valence-corrected chi connectivity index (χ1v) is 4.70. The van der Waals surface area contributed by atoms with Gasteiger partial charge in [-0.15, -0.1) is 0 Å². The lowest BCUT2D eigenvalue weighted by Gasteiger charge is -2.03. The molecule has 0 radical (unpaired) electrons. The first-order chi connectivity index (χ1) is 7.58. The molecule has 0 unspecified atom stereocenters. The lowest BCUT2D eigenvalue weighted by atomic mass is 10.2. The molecule has 0 fully saturated rings. The molecule has 0 bridgehead atoms. The van der Waals surface area contributed by atoms with Crippen molar-refractivity contribution in [2.75, 3.05) is 5.73 Å². The fraction of sp³-hybridized carbons (Fsp3) is 0.0909. The second-order valence-electron chi connectivity index (χ2n) is 3.44. The van der Waals surface area contributed by atoms with E-state index in [1.165, 1.54) is 12.1 Å². The van der Waals surface area contributed by atoms with Crippen LogP contribution in [0.5, 0.6) is 0 Å². The van der Waals surface area contributed by atoms with Crippen molar-refractivity contribution in [3.05, 3.63) is 46.0 Å². The van der Waals surface area contributed by atoms with Crippen LogP contribution in [0.15, 0.2) is 29.1 Å². The molecule has 82 valence electrons. The number of hydrogen-bond acceptors (Lipinski definition) is 3. The van der Waals surface area contributed by atoms with Crippen LogP contribution >= 0.6 is 0 Å². The summed E-state index contributed by atoms with van der Waals surface area (Å²) < 4.78 is 13.0. The lowest BCUT2D eigenvalue weighted by molar-refractivity contribution is 0.628. The summed E-state index contributed by atoms with van der Waals surface area (Å²) in [6.45, 7) is 1.58. The number of halogens is 1. The molecule has 3 N–H and O–H groups in total. The highest BCUT2D eigenvalue weighted by Crippen LogP contribution is 2.16. The normalized spacial score (nSPS) is 10.4. The largest absolute Gasteiger partial charge is 0.383 e. The molecule has 0 spiro atoms. The highest BCUT2D eigenvalue weighted by molar-refractivity contribution is 5.57. The summed E-state index contributed by atoms with van der Waals surface area (Å²) in [6, 6.07) is 5.79. The van der Waals surface area contributed by atoms with Gasteiger partial charge in [-0.25, -0.2) is 9.37 Å². The lowest BCUT2D eigenvalue weighted by Crippen LogP contribution is -2.15. The minimum atomic E-state index is -0.390. The van der Waals surface area contributed by atoms with E-state index in [-0.39, 0.29) is 23.0 Å². The molecule has 0 atom stereocenters.